The molecule has 0 spiro atoms. The predicted molar refractivity (Wildman–Crippen MR) is 114 cm³/mol. The third-order valence-electron chi connectivity index (χ3n) is 4.00. The SMILES string of the molecule is COc1ccc(C)cc1NC(=O)CSc1nnc(-c2cccs2)n1CCC(N)=O. The molecule has 0 atom stereocenters. The van der Waals surface area contributed by atoms with Gasteiger partial charge in [-0.1, -0.05) is 23.9 Å². The topological polar surface area (TPSA) is 112 Å². The van der Waals surface area contributed by atoms with Gasteiger partial charge in [0.2, 0.25) is 11.8 Å². The molecule has 0 radical (unpaired) electrons. The second kappa shape index (κ2) is 9.57. The molecule has 0 aliphatic rings. The van der Waals surface area contributed by atoms with Crippen LogP contribution in [0.15, 0.2) is 40.9 Å². The van der Waals surface area contributed by atoms with E-state index in [2.05, 4.69) is 15.5 Å². The lowest BCUT2D eigenvalue weighted by molar-refractivity contribution is -0.118. The zero-order valence-corrected chi connectivity index (χ0v) is 17.7. The Bertz CT molecular complexity index is 1000. The van der Waals surface area contributed by atoms with Crippen LogP contribution in [0.25, 0.3) is 10.7 Å². The average Bonchev–Trinajstić information content (AvgIpc) is 3.34. The van der Waals surface area contributed by atoms with Crippen molar-refractivity contribution in [1.29, 1.82) is 0 Å². The van der Waals surface area contributed by atoms with Crippen molar-refractivity contribution in [2.75, 3.05) is 18.2 Å². The summed E-state index contributed by atoms with van der Waals surface area (Å²) in [6.07, 6.45) is 0.163. The smallest absolute Gasteiger partial charge is 0.234 e. The standard InChI is InChI=1S/C19H21N5O3S2/c1-12-5-6-14(27-2)13(10-12)21-17(26)11-29-19-23-22-18(15-4-3-9-28-15)24(19)8-7-16(20)25/h3-6,9-10H,7-8,11H2,1-2H3,(H2,20,25)(H,21,26). The number of carbonyl (C=O) groups is 2. The summed E-state index contributed by atoms with van der Waals surface area (Å²) in [4.78, 5) is 24.6. The minimum Gasteiger partial charge on any atom is -0.495 e. The van der Waals surface area contributed by atoms with Crippen molar-refractivity contribution in [3.05, 3.63) is 41.3 Å². The van der Waals surface area contributed by atoms with Crippen LogP contribution in [-0.2, 0) is 16.1 Å². The van der Waals surface area contributed by atoms with Gasteiger partial charge in [0, 0.05) is 13.0 Å². The molecule has 0 bridgehead atoms. The van der Waals surface area contributed by atoms with E-state index in [1.54, 1.807) is 7.11 Å². The molecule has 0 unspecified atom stereocenters. The van der Waals surface area contributed by atoms with Crippen molar-refractivity contribution >= 4 is 40.6 Å². The number of amides is 2. The van der Waals surface area contributed by atoms with Gasteiger partial charge in [-0.3, -0.25) is 9.59 Å². The predicted octanol–water partition coefficient (Wildman–Crippen LogP) is 2.93. The molecule has 2 aromatic heterocycles. The number of hydrogen-bond acceptors (Lipinski definition) is 7. The molecule has 29 heavy (non-hydrogen) atoms. The molecule has 10 heteroatoms. The number of methoxy groups -OCH3 is 1. The molecule has 152 valence electrons. The van der Waals surface area contributed by atoms with E-state index < -0.39 is 5.91 Å². The van der Waals surface area contributed by atoms with E-state index in [1.807, 2.05) is 47.2 Å². The molecule has 0 saturated carbocycles. The van der Waals surface area contributed by atoms with E-state index in [4.69, 9.17) is 10.5 Å². The van der Waals surface area contributed by atoms with E-state index in [9.17, 15) is 9.59 Å². The van der Waals surface area contributed by atoms with Crippen LogP contribution in [-0.4, -0.2) is 39.4 Å². The summed E-state index contributed by atoms with van der Waals surface area (Å²) in [6.45, 7) is 2.29. The number of benzene rings is 1. The van der Waals surface area contributed by atoms with E-state index in [-0.39, 0.29) is 18.1 Å². The van der Waals surface area contributed by atoms with Gasteiger partial charge in [0.05, 0.1) is 23.4 Å². The highest BCUT2D eigenvalue weighted by molar-refractivity contribution is 7.99. The van der Waals surface area contributed by atoms with Crippen LogP contribution in [0.4, 0.5) is 5.69 Å². The lowest BCUT2D eigenvalue weighted by Crippen LogP contribution is -2.17. The van der Waals surface area contributed by atoms with Gasteiger partial charge < -0.3 is 20.4 Å². The molecule has 0 aliphatic heterocycles. The van der Waals surface area contributed by atoms with Gasteiger partial charge in [0.1, 0.15) is 5.75 Å². The molecule has 2 heterocycles. The van der Waals surface area contributed by atoms with Gasteiger partial charge in [-0.25, -0.2) is 0 Å². The Hall–Kier alpha value is -2.85. The van der Waals surface area contributed by atoms with E-state index in [1.165, 1.54) is 23.1 Å². The van der Waals surface area contributed by atoms with Crippen molar-refractivity contribution in [3.8, 4) is 16.5 Å². The highest BCUT2D eigenvalue weighted by atomic mass is 32.2. The van der Waals surface area contributed by atoms with Crippen LogP contribution in [0.3, 0.4) is 0 Å². The summed E-state index contributed by atoms with van der Waals surface area (Å²) in [5, 5.41) is 13.8. The van der Waals surface area contributed by atoms with Gasteiger partial charge in [-0.15, -0.1) is 21.5 Å². The third-order valence-corrected chi connectivity index (χ3v) is 5.83. The van der Waals surface area contributed by atoms with Crippen LogP contribution < -0.4 is 15.8 Å². The zero-order chi connectivity index (χ0) is 20.8. The lowest BCUT2D eigenvalue weighted by Gasteiger charge is -2.11. The number of anilines is 1. The number of aromatic nitrogens is 3. The second-order valence-corrected chi connectivity index (χ2v) is 8.08. The Labute approximate surface area is 176 Å². The second-order valence-electron chi connectivity index (χ2n) is 6.19. The first-order chi connectivity index (χ1) is 14.0. The number of nitrogens with one attached hydrogen (secondary N) is 1. The Kier molecular flexibility index (Phi) is 6.89. The average molecular weight is 432 g/mol. The molecule has 3 N–H and O–H groups in total. The van der Waals surface area contributed by atoms with Crippen molar-refractivity contribution in [2.24, 2.45) is 5.73 Å². The number of nitrogens with two attached hydrogens (primary N) is 1. The number of aryl methyl sites for hydroxylation is 1. The maximum absolute atomic E-state index is 12.5. The fraction of sp³-hybridized carbons (Fsp3) is 0.263. The van der Waals surface area contributed by atoms with Crippen LogP contribution in [0.1, 0.15) is 12.0 Å². The van der Waals surface area contributed by atoms with Gasteiger partial charge in [-0.2, -0.15) is 0 Å². The third kappa shape index (κ3) is 5.36. The Balaban J connectivity index is 1.72. The first-order valence-electron chi connectivity index (χ1n) is 8.80. The molecule has 0 aliphatic carbocycles. The van der Waals surface area contributed by atoms with Crippen molar-refractivity contribution in [3.63, 3.8) is 0 Å². The molecule has 0 saturated heterocycles. The summed E-state index contributed by atoms with van der Waals surface area (Å²) in [7, 11) is 1.56. The largest absolute Gasteiger partial charge is 0.495 e. The molecule has 8 nitrogen and oxygen atoms in total. The lowest BCUT2D eigenvalue weighted by atomic mass is 10.2. The number of nitrogens with zero attached hydrogens (tertiary/aromatic N) is 3. The molecule has 3 aromatic rings. The first kappa shape index (κ1) is 20.9. The van der Waals surface area contributed by atoms with Gasteiger partial charge in [0.25, 0.3) is 0 Å². The van der Waals surface area contributed by atoms with Gasteiger partial charge in [-0.05, 0) is 36.1 Å². The minimum atomic E-state index is -0.406. The maximum atomic E-state index is 12.5. The van der Waals surface area contributed by atoms with E-state index in [0.717, 1.165) is 10.4 Å². The van der Waals surface area contributed by atoms with Crippen molar-refractivity contribution < 1.29 is 14.3 Å². The highest BCUT2D eigenvalue weighted by Crippen LogP contribution is 2.28. The quantitative estimate of drug-likeness (QED) is 0.504. The van der Waals surface area contributed by atoms with E-state index >= 15 is 0 Å². The van der Waals surface area contributed by atoms with E-state index in [0.29, 0.717) is 29.0 Å². The molecular weight excluding hydrogens is 410 g/mol. The monoisotopic (exact) mass is 431 g/mol. The zero-order valence-electron chi connectivity index (χ0n) is 16.0. The van der Waals surface area contributed by atoms with Crippen LogP contribution in [0.5, 0.6) is 5.75 Å². The number of thiophene rings is 1. The highest BCUT2D eigenvalue weighted by Gasteiger charge is 2.17. The van der Waals surface area contributed by atoms with Gasteiger partial charge in [0.15, 0.2) is 11.0 Å². The Morgan fingerprint density at radius 1 is 1.31 bits per heavy atom. The number of hydrogen-bond donors (Lipinski definition) is 2. The van der Waals surface area contributed by atoms with Crippen LogP contribution in [0.2, 0.25) is 0 Å². The molecule has 2 amide bonds. The summed E-state index contributed by atoms with van der Waals surface area (Å²) >= 11 is 2.78. The van der Waals surface area contributed by atoms with Crippen molar-refractivity contribution in [2.45, 2.75) is 25.0 Å². The van der Waals surface area contributed by atoms with Gasteiger partial charge >= 0.3 is 0 Å². The summed E-state index contributed by atoms with van der Waals surface area (Å²) in [5.41, 5.74) is 6.93. The summed E-state index contributed by atoms with van der Waals surface area (Å²) in [5.74, 6) is 0.788. The molecule has 3 rings (SSSR count). The first-order valence-corrected chi connectivity index (χ1v) is 10.7. The van der Waals surface area contributed by atoms with Crippen LogP contribution >= 0.6 is 23.1 Å². The fourth-order valence-corrected chi connectivity index (χ4v) is 4.12. The number of rotatable bonds is 9. The molecular formula is C19H21N5O3S2. The number of ether oxygens (including phenoxy) is 1. The Morgan fingerprint density at radius 3 is 2.83 bits per heavy atom. The summed E-state index contributed by atoms with van der Waals surface area (Å²) in [6, 6.07) is 9.43. The molecule has 0 fully saturated rings. The summed E-state index contributed by atoms with van der Waals surface area (Å²) < 4.78 is 7.11. The van der Waals surface area contributed by atoms with Crippen molar-refractivity contribution in [1.82, 2.24) is 14.8 Å². The van der Waals surface area contributed by atoms with Crippen LogP contribution in [0, 0.1) is 6.92 Å². The number of thioether (sulfide) groups is 1. The number of primary amides is 1. The number of carbonyl (C=O) groups excluding carboxylic acids is 2. The fourth-order valence-electron chi connectivity index (χ4n) is 2.64. The Morgan fingerprint density at radius 2 is 2.14 bits per heavy atom. The molecule has 1 aromatic carbocycles. The normalized spacial score (nSPS) is 10.7. The maximum Gasteiger partial charge on any atom is 0.234 e. The minimum absolute atomic E-state index is 0.135.